The standard InChI is InChI=1S/C30H31N5O4/c1-33-16-14-22(15-17-33)39-29(37)34(2)28-31-25-13-12-21(18-26(25)32-28)30(38)24-11-7-6-10-23(24)27(36)35(30)19-20-8-4-3-5-9-20/h3-13,18,22,38H,14-17,19H2,1-2H3,(H,31,32). The first-order chi connectivity index (χ1) is 18.8. The number of carbonyl (C=O) groups excluding carboxylic acids is 2. The minimum Gasteiger partial charge on any atom is -0.446 e. The molecule has 0 aliphatic carbocycles. The molecule has 2 aliphatic heterocycles. The summed E-state index contributed by atoms with van der Waals surface area (Å²) in [6.07, 6.45) is 1.03. The normalized spacial score (nSPS) is 19.9. The summed E-state index contributed by atoms with van der Waals surface area (Å²) < 4.78 is 5.71. The molecule has 3 heterocycles. The van der Waals surface area contributed by atoms with Gasteiger partial charge >= 0.3 is 6.09 Å². The summed E-state index contributed by atoms with van der Waals surface area (Å²) in [5.74, 6) is 0.106. The number of ether oxygens (including phenoxy) is 1. The maximum atomic E-state index is 13.5. The van der Waals surface area contributed by atoms with Crippen molar-refractivity contribution >= 4 is 29.0 Å². The molecule has 0 radical (unpaired) electrons. The number of likely N-dealkylation sites (tertiary alicyclic amines) is 1. The van der Waals surface area contributed by atoms with Gasteiger partial charge in [-0.05, 0) is 43.7 Å². The lowest BCUT2D eigenvalue weighted by Crippen LogP contribution is -2.44. The van der Waals surface area contributed by atoms with Crippen molar-refractivity contribution in [3.05, 3.63) is 95.1 Å². The van der Waals surface area contributed by atoms with Gasteiger partial charge in [0.2, 0.25) is 5.95 Å². The highest BCUT2D eigenvalue weighted by Gasteiger charge is 2.49. The number of aromatic amines is 1. The van der Waals surface area contributed by atoms with Gasteiger partial charge in [0.25, 0.3) is 5.91 Å². The number of piperidine rings is 1. The number of H-pyrrole nitrogens is 1. The molecule has 1 aromatic heterocycles. The van der Waals surface area contributed by atoms with E-state index in [4.69, 9.17) is 4.74 Å². The maximum absolute atomic E-state index is 13.5. The van der Waals surface area contributed by atoms with E-state index in [-0.39, 0.29) is 18.6 Å². The lowest BCUT2D eigenvalue weighted by atomic mass is 9.93. The molecule has 1 unspecified atom stereocenters. The number of benzene rings is 3. The second-order valence-corrected chi connectivity index (χ2v) is 10.3. The monoisotopic (exact) mass is 525 g/mol. The van der Waals surface area contributed by atoms with Crippen LogP contribution in [0.5, 0.6) is 0 Å². The number of nitrogens with zero attached hydrogens (tertiary/aromatic N) is 4. The van der Waals surface area contributed by atoms with Crippen LogP contribution >= 0.6 is 0 Å². The van der Waals surface area contributed by atoms with Gasteiger partial charge < -0.3 is 19.7 Å². The van der Waals surface area contributed by atoms with Crippen LogP contribution in [0.15, 0.2) is 72.8 Å². The molecule has 0 spiro atoms. The molecule has 9 heteroatoms. The molecule has 4 aromatic rings. The highest BCUT2D eigenvalue weighted by molar-refractivity contribution is 6.00. The van der Waals surface area contributed by atoms with Gasteiger partial charge in [-0.3, -0.25) is 14.6 Å². The second-order valence-electron chi connectivity index (χ2n) is 10.3. The van der Waals surface area contributed by atoms with Crippen LogP contribution in [0.3, 0.4) is 0 Å². The van der Waals surface area contributed by atoms with E-state index in [1.165, 1.54) is 9.80 Å². The van der Waals surface area contributed by atoms with Crippen LogP contribution in [0, 0.1) is 0 Å². The molecule has 2 amide bonds. The smallest absolute Gasteiger partial charge is 0.416 e. The molecule has 0 bridgehead atoms. The third-order valence-corrected chi connectivity index (χ3v) is 7.75. The minimum absolute atomic E-state index is 0.114. The van der Waals surface area contributed by atoms with Gasteiger partial charge in [-0.15, -0.1) is 0 Å². The van der Waals surface area contributed by atoms with E-state index in [0.717, 1.165) is 31.5 Å². The SMILES string of the molecule is CN1CCC(OC(=O)N(C)c2nc3ccc(C4(O)c5ccccc5C(=O)N4Cc4ccccc4)cc3[nH]2)CC1. The number of anilines is 1. The zero-order valence-corrected chi connectivity index (χ0v) is 22.0. The van der Waals surface area contributed by atoms with E-state index in [1.54, 1.807) is 43.4 Å². The molecule has 0 saturated carbocycles. The first kappa shape index (κ1) is 25.1. The Hall–Kier alpha value is -4.21. The van der Waals surface area contributed by atoms with Gasteiger partial charge in [-0.25, -0.2) is 9.78 Å². The van der Waals surface area contributed by atoms with Crippen LogP contribution in [0.4, 0.5) is 10.7 Å². The average Bonchev–Trinajstić information content (AvgIpc) is 3.48. The Bertz CT molecular complexity index is 1530. The quantitative estimate of drug-likeness (QED) is 0.407. The Kier molecular flexibility index (Phi) is 6.32. The molecule has 2 N–H and O–H groups in total. The fourth-order valence-electron chi connectivity index (χ4n) is 5.46. The third kappa shape index (κ3) is 4.43. The molecule has 1 atom stereocenters. The van der Waals surface area contributed by atoms with Gasteiger partial charge in [-0.2, -0.15) is 0 Å². The number of imidazole rings is 1. The lowest BCUT2D eigenvalue weighted by Gasteiger charge is -2.35. The van der Waals surface area contributed by atoms with Gasteiger partial charge in [0, 0.05) is 43.4 Å². The van der Waals surface area contributed by atoms with Crippen molar-refractivity contribution in [3.63, 3.8) is 0 Å². The van der Waals surface area contributed by atoms with Gasteiger partial charge in [-0.1, -0.05) is 54.6 Å². The third-order valence-electron chi connectivity index (χ3n) is 7.75. The largest absolute Gasteiger partial charge is 0.446 e. The summed E-state index contributed by atoms with van der Waals surface area (Å²) in [7, 11) is 3.68. The Labute approximate surface area is 226 Å². The molecule has 1 fully saturated rings. The number of aromatic nitrogens is 2. The number of fused-ring (bicyclic) bond motifs is 2. The molecule has 3 aromatic carbocycles. The van der Waals surface area contributed by atoms with Crippen molar-refractivity contribution < 1.29 is 19.4 Å². The molecular formula is C30H31N5O4. The fourth-order valence-corrected chi connectivity index (χ4v) is 5.46. The summed E-state index contributed by atoms with van der Waals surface area (Å²) in [6, 6.07) is 22.1. The highest BCUT2D eigenvalue weighted by atomic mass is 16.6. The second kappa shape index (κ2) is 9.83. The molecule has 1 saturated heterocycles. The predicted molar refractivity (Wildman–Crippen MR) is 147 cm³/mol. The lowest BCUT2D eigenvalue weighted by molar-refractivity contribution is -0.0542. The topological polar surface area (TPSA) is 102 Å². The van der Waals surface area contributed by atoms with Crippen LogP contribution in [0.25, 0.3) is 11.0 Å². The van der Waals surface area contributed by atoms with E-state index in [1.807, 2.05) is 36.4 Å². The molecular weight excluding hydrogens is 494 g/mol. The van der Waals surface area contributed by atoms with Crippen LogP contribution in [0.1, 0.15) is 39.9 Å². The molecule has 39 heavy (non-hydrogen) atoms. The van der Waals surface area contributed by atoms with E-state index >= 15 is 0 Å². The van der Waals surface area contributed by atoms with Crippen molar-refractivity contribution in [2.24, 2.45) is 0 Å². The van der Waals surface area contributed by atoms with E-state index in [2.05, 4.69) is 21.9 Å². The summed E-state index contributed by atoms with van der Waals surface area (Å²) >= 11 is 0. The number of carbonyl (C=O) groups is 2. The Balaban J connectivity index is 1.31. The number of hydrogen-bond acceptors (Lipinski definition) is 6. The van der Waals surface area contributed by atoms with E-state index < -0.39 is 11.8 Å². The van der Waals surface area contributed by atoms with Gasteiger partial charge in [0.1, 0.15) is 6.10 Å². The van der Waals surface area contributed by atoms with Crippen LogP contribution in [-0.2, 0) is 17.0 Å². The summed E-state index contributed by atoms with van der Waals surface area (Å²) in [6.45, 7) is 2.03. The van der Waals surface area contributed by atoms with Crippen molar-refractivity contribution in [2.45, 2.75) is 31.2 Å². The van der Waals surface area contributed by atoms with Gasteiger partial charge in [0.05, 0.1) is 11.0 Å². The molecule has 200 valence electrons. The van der Waals surface area contributed by atoms with Crippen molar-refractivity contribution in [1.29, 1.82) is 0 Å². The number of nitrogens with one attached hydrogen (secondary N) is 1. The Morgan fingerprint density at radius 1 is 1.10 bits per heavy atom. The maximum Gasteiger partial charge on any atom is 0.416 e. The molecule has 6 rings (SSSR count). The molecule has 2 aliphatic rings. The van der Waals surface area contributed by atoms with Crippen molar-refractivity contribution in [1.82, 2.24) is 19.8 Å². The number of hydrogen-bond donors (Lipinski definition) is 2. The minimum atomic E-state index is -1.68. The predicted octanol–water partition coefficient (Wildman–Crippen LogP) is 4.08. The zero-order valence-electron chi connectivity index (χ0n) is 22.0. The number of rotatable bonds is 5. The molecule has 9 nitrogen and oxygen atoms in total. The Morgan fingerprint density at radius 2 is 1.82 bits per heavy atom. The summed E-state index contributed by atoms with van der Waals surface area (Å²) in [5, 5.41) is 12.3. The summed E-state index contributed by atoms with van der Waals surface area (Å²) in [5.41, 5.74) is 2.02. The van der Waals surface area contributed by atoms with Gasteiger partial charge in [0.15, 0.2) is 5.72 Å². The van der Waals surface area contributed by atoms with E-state index in [9.17, 15) is 14.7 Å². The number of amides is 2. The average molecular weight is 526 g/mol. The summed E-state index contributed by atoms with van der Waals surface area (Å²) in [4.78, 5) is 39.2. The fraction of sp³-hybridized carbons (Fsp3) is 0.300. The highest BCUT2D eigenvalue weighted by Crippen LogP contribution is 2.43. The zero-order chi connectivity index (χ0) is 27.1. The van der Waals surface area contributed by atoms with Crippen molar-refractivity contribution in [2.75, 3.05) is 32.1 Å². The first-order valence-electron chi connectivity index (χ1n) is 13.2. The number of aliphatic hydroxyl groups is 1. The first-order valence-corrected chi connectivity index (χ1v) is 13.2. The van der Waals surface area contributed by atoms with Crippen LogP contribution < -0.4 is 4.90 Å². The van der Waals surface area contributed by atoms with E-state index in [0.29, 0.717) is 33.7 Å². The van der Waals surface area contributed by atoms with Crippen LogP contribution in [0.2, 0.25) is 0 Å². The van der Waals surface area contributed by atoms with Crippen LogP contribution in [-0.4, -0.2) is 70.2 Å². The Morgan fingerprint density at radius 3 is 2.59 bits per heavy atom. The van der Waals surface area contributed by atoms with Crippen molar-refractivity contribution in [3.8, 4) is 0 Å².